The molecular formula is C25H31N3O2. The minimum absolute atomic E-state index is 0.0751. The number of carbonyl (C=O) groups excluding carboxylic acids is 2. The largest absolute Gasteiger partial charge is 0.338 e. The molecule has 2 amide bonds. The van der Waals surface area contributed by atoms with Crippen LogP contribution in [0.5, 0.6) is 0 Å². The van der Waals surface area contributed by atoms with Crippen LogP contribution in [0.4, 0.5) is 0 Å². The molecule has 1 N–H and O–H groups in total. The summed E-state index contributed by atoms with van der Waals surface area (Å²) in [5.41, 5.74) is 2.68. The topological polar surface area (TPSA) is 52.7 Å². The van der Waals surface area contributed by atoms with Gasteiger partial charge in [-0.25, -0.2) is 0 Å². The van der Waals surface area contributed by atoms with E-state index in [0.717, 1.165) is 29.5 Å². The van der Waals surface area contributed by atoms with E-state index in [4.69, 9.17) is 0 Å². The molecule has 2 fully saturated rings. The highest BCUT2D eigenvalue weighted by Crippen LogP contribution is 2.35. The second-order valence-corrected chi connectivity index (χ2v) is 8.88. The number of hydrogen-bond acceptors (Lipinski definition) is 3. The van der Waals surface area contributed by atoms with Gasteiger partial charge in [0.25, 0.3) is 5.91 Å². The number of nitrogens with one attached hydrogen (secondary N) is 1. The van der Waals surface area contributed by atoms with Gasteiger partial charge in [-0.15, -0.1) is 0 Å². The van der Waals surface area contributed by atoms with Gasteiger partial charge in [-0.1, -0.05) is 48.0 Å². The van der Waals surface area contributed by atoms with Crippen LogP contribution >= 0.6 is 0 Å². The number of carbonyl (C=O) groups is 2. The van der Waals surface area contributed by atoms with Crippen LogP contribution in [-0.2, 0) is 11.2 Å². The van der Waals surface area contributed by atoms with E-state index < -0.39 is 0 Å². The van der Waals surface area contributed by atoms with Gasteiger partial charge in [0.2, 0.25) is 5.91 Å². The van der Waals surface area contributed by atoms with E-state index >= 15 is 0 Å². The highest BCUT2D eigenvalue weighted by molar-refractivity contribution is 5.94. The first-order chi connectivity index (χ1) is 14.4. The first kappa shape index (κ1) is 20.6. The molecule has 0 saturated carbocycles. The van der Waals surface area contributed by atoms with Gasteiger partial charge in [-0.2, -0.15) is 0 Å². The Labute approximate surface area is 179 Å². The predicted octanol–water partition coefficient (Wildman–Crippen LogP) is 3.38. The third kappa shape index (κ3) is 3.86. The fourth-order valence-corrected chi connectivity index (χ4v) is 4.91. The normalized spacial score (nSPS) is 20.9. The number of piperidine rings is 1. The molecule has 2 aromatic rings. The molecule has 5 nitrogen and oxygen atoms in total. The van der Waals surface area contributed by atoms with Crippen molar-refractivity contribution in [2.75, 3.05) is 13.1 Å². The summed E-state index contributed by atoms with van der Waals surface area (Å²) in [7, 11) is 0. The quantitative estimate of drug-likeness (QED) is 0.849. The first-order valence-electron chi connectivity index (χ1n) is 10.9. The molecule has 5 heteroatoms. The van der Waals surface area contributed by atoms with E-state index in [-0.39, 0.29) is 29.6 Å². The van der Waals surface area contributed by atoms with E-state index in [2.05, 4.69) is 31.3 Å². The second kappa shape index (κ2) is 8.23. The highest BCUT2D eigenvalue weighted by atomic mass is 16.2. The van der Waals surface area contributed by atoms with Crippen molar-refractivity contribution in [2.45, 2.75) is 57.8 Å². The van der Waals surface area contributed by atoms with Gasteiger partial charge in [-0.05, 0) is 44.9 Å². The number of nitrogens with zero attached hydrogens (tertiary/aromatic N) is 2. The summed E-state index contributed by atoms with van der Waals surface area (Å²) in [5.74, 6) is 0.248. The van der Waals surface area contributed by atoms with Crippen LogP contribution in [-0.4, -0.2) is 52.5 Å². The van der Waals surface area contributed by atoms with Crippen LogP contribution in [0.25, 0.3) is 0 Å². The number of likely N-dealkylation sites (tertiary alicyclic amines) is 1. The molecule has 30 heavy (non-hydrogen) atoms. The third-order valence-electron chi connectivity index (χ3n) is 6.41. The van der Waals surface area contributed by atoms with E-state index in [1.165, 1.54) is 0 Å². The maximum Gasteiger partial charge on any atom is 0.253 e. The Kier molecular flexibility index (Phi) is 5.65. The Bertz CT molecular complexity index is 900. The van der Waals surface area contributed by atoms with Crippen LogP contribution in [0.1, 0.15) is 48.2 Å². The molecule has 1 atom stereocenters. The first-order valence-corrected chi connectivity index (χ1v) is 10.9. The van der Waals surface area contributed by atoms with E-state index in [9.17, 15) is 9.59 Å². The second-order valence-electron chi connectivity index (χ2n) is 8.88. The summed E-state index contributed by atoms with van der Waals surface area (Å²) >= 11 is 0. The molecule has 4 rings (SSSR count). The molecule has 2 aromatic carbocycles. The van der Waals surface area contributed by atoms with Crippen molar-refractivity contribution in [3.05, 3.63) is 71.3 Å². The molecule has 2 saturated heterocycles. The third-order valence-corrected chi connectivity index (χ3v) is 6.41. The molecule has 2 aliphatic heterocycles. The molecule has 0 aliphatic carbocycles. The molecule has 2 aliphatic rings. The Morgan fingerprint density at radius 1 is 1.07 bits per heavy atom. The standard InChI is InChI=1S/C25H31N3O2/c1-18(2)28-24(30)22(17-20-7-5-4-6-8-20)26-25(28)13-15-27(16-14-25)23(29)21-11-9-19(3)10-12-21/h4-12,18,22,26H,13-17H2,1-3H3. The highest BCUT2D eigenvalue weighted by Gasteiger charge is 2.52. The lowest BCUT2D eigenvalue weighted by Crippen LogP contribution is -2.61. The van der Waals surface area contributed by atoms with Crippen molar-refractivity contribution < 1.29 is 9.59 Å². The molecule has 0 aromatic heterocycles. The monoisotopic (exact) mass is 405 g/mol. The van der Waals surface area contributed by atoms with Crippen LogP contribution in [0, 0.1) is 6.92 Å². The maximum atomic E-state index is 13.3. The lowest BCUT2D eigenvalue weighted by molar-refractivity contribution is -0.135. The van der Waals surface area contributed by atoms with Crippen molar-refractivity contribution in [3.63, 3.8) is 0 Å². The summed E-state index contributed by atoms with van der Waals surface area (Å²) in [5, 5.41) is 3.68. The molecular weight excluding hydrogens is 374 g/mol. The van der Waals surface area contributed by atoms with E-state index in [1.807, 2.05) is 59.2 Å². The van der Waals surface area contributed by atoms with Gasteiger partial charge in [-0.3, -0.25) is 14.9 Å². The van der Waals surface area contributed by atoms with Crippen molar-refractivity contribution in [3.8, 4) is 0 Å². The number of benzene rings is 2. The van der Waals surface area contributed by atoms with Gasteiger partial charge >= 0.3 is 0 Å². The average molecular weight is 406 g/mol. The zero-order valence-electron chi connectivity index (χ0n) is 18.1. The van der Waals surface area contributed by atoms with Gasteiger partial charge in [0.05, 0.1) is 11.7 Å². The Morgan fingerprint density at radius 3 is 2.30 bits per heavy atom. The van der Waals surface area contributed by atoms with E-state index in [1.54, 1.807) is 0 Å². The van der Waals surface area contributed by atoms with Gasteiger partial charge in [0.15, 0.2) is 0 Å². The van der Waals surface area contributed by atoms with Crippen LogP contribution in [0.15, 0.2) is 54.6 Å². The zero-order valence-corrected chi connectivity index (χ0v) is 18.1. The summed E-state index contributed by atoms with van der Waals surface area (Å²) in [6.07, 6.45) is 2.19. The maximum absolute atomic E-state index is 13.3. The van der Waals surface area contributed by atoms with E-state index in [0.29, 0.717) is 19.5 Å². The Balaban J connectivity index is 1.48. The Morgan fingerprint density at radius 2 is 1.70 bits per heavy atom. The van der Waals surface area contributed by atoms with Crippen molar-refractivity contribution in [1.82, 2.24) is 15.1 Å². The molecule has 1 spiro atoms. The van der Waals surface area contributed by atoms with Crippen molar-refractivity contribution in [1.29, 1.82) is 0 Å². The summed E-state index contributed by atoms with van der Waals surface area (Å²) in [6.45, 7) is 7.47. The number of aryl methyl sites for hydroxylation is 1. The van der Waals surface area contributed by atoms with Gasteiger partial charge in [0, 0.05) is 37.5 Å². The molecule has 2 heterocycles. The van der Waals surface area contributed by atoms with Gasteiger partial charge < -0.3 is 9.80 Å². The van der Waals surface area contributed by atoms with Crippen LogP contribution in [0.2, 0.25) is 0 Å². The lowest BCUT2D eigenvalue weighted by Gasteiger charge is -2.46. The number of hydrogen-bond donors (Lipinski definition) is 1. The summed E-state index contributed by atoms with van der Waals surface area (Å²) in [4.78, 5) is 30.2. The smallest absolute Gasteiger partial charge is 0.253 e. The number of amides is 2. The van der Waals surface area contributed by atoms with Crippen LogP contribution in [0.3, 0.4) is 0 Å². The minimum atomic E-state index is -0.366. The Hall–Kier alpha value is -2.66. The fraction of sp³-hybridized carbons (Fsp3) is 0.440. The zero-order chi connectivity index (χ0) is 21.3. The fourth-order valence-electron chi connectivity index (χ4n) is 4.91. The summed E-state index contributed by atoms with van der Waals surface area (Å²) in [6, 6.07) is 17.8. The summed E-state index contributed by atoms with van der Waals surface area (Å²) < 4.78 is 0. The number of rotatable bonds is 4. The molecule has 0 radical (unpaired) electrons. The minimum Gasteiger partial charge on any atom is -0.338 e. The molecule has 158 valence electrons. The lowest BCUT2D eigenvalue weighted by atomic mass is 9.94. The molecule has 1 unspecified atom stereocenters. The average Bonchev–Trinajstić information content (AvgIpc) is 3.00. The van der Waals surface area contributed by atoms with Crippen LogP contribution < -0.4 is 5.32 Å². The molecule has 0 bridgehead atoms. The van der Waals surface area contributed by atoms with Gasteiger partial charge in [0.1, 0.15) is 0 Å². The predicted molar refractivity (Wildman–Crippen MR) is 118 cm³/mol. The van der Waals surface area contributed by atoms with Crippen molar-refractivity contribution >= 4 is 11.8 Å². The van der Waals surface area contributed by atoms with Crippen molar-refractivity contribution in [2.24, 2.45) is 0 Å². The SMILES string of the molecule is Cc1ccc(C(=O)N2CCC3(CC2)NC(Cc2ccccc2)C(=O)N3C(C)C)cc1.